The van der Waals surface area contributed by atoms with E-state index in [1.807, 2.05) is 29.7 Å². The van der Waals surface area contributed by atoms with Crippen molar-refractivity contribution in [3.05, 3.63) is 41.0 Å². The molecule has 8 nitrogen and oxygen atoms in total. The molecule has 10 heteroatoms. The number of aliphatic hydroxyl groups is 1. The minimum absolute atomic E-state index is 0. The zero-order valence-electron chi connectivity index (χ0n) is 14.3. The second-order valence-corrected chi connectivity index (χ2v) is 6.11. The Hall–Kier alpha value is -2.68. The average Bonchev–Trinajstić information content (AvgIpc) is 3.23. The molecule has 27 heavy (non-hydrogen) atoms. The number of rotatable bonds is 4. The zero-order chi connectivity index (χ0) is 18.3. The van der Waals surface area contributed by atoms with Crippen molar-refractivity contribution >= 4 is 40.9 Å². The average molecular weight is 407 g/mol. The number of aliphatic hydroxyl groups excluding tert-OH is 1. The molecule has 3 N–H and O–H groups in total. The molecule has 4 rings (SSSR count). The molecule has 0 atom stereocenters. The number of halogens is 2. The first kappa shape index (κ1) is 19.1. The van der Waals surface area contributed by atoms with E-state index in [0.29, 0.717) is 39.9 Å². The van der Waals surface area contributed by atoms with Crippen molar-refractivity contribution in [2.24, 2.45) is 0 Å². The number of nitrogens with two attached hydrogens (primary N) is 1. The fraction of sp³-hybridized carbons (Fsp3) is 0.176. The number of imidazole rings is 1. The molecule has 0 fully saturated rings. The third-order valence-corrected chi connectivity index (χ3v) is 4.39. The van der Waals surface area contributed by atoms with Crippen molar-refractivity contribution in [3.8, 4) is 22.8 Å². The van der Waals surface area contributed by atoms with Gasteiger partial charge in [-0.2, -0.15) is 0 Å². The number of benzene rings is 1. The number of aryl methyl sites for hydroxylation is 1. The van der Waals surface area contributed by atoms with Crippen molar-refractivity contribution in [1.82, 2.24) is 24.8 Å². The lowest BCUT2D eigenvalue weighted by atomic mass is 10.1. The van der Waals surface area contributed by atoms with E-state index >= 15 is 0 Å². The Morgan fingerprint density at radius 1 is 1.26 bits per heavy atom. The lowest BCUT2D eigenvalue weighted by Crippen LogP contribution is -2.02. The number of pyridine rings is 1. The van der Waals surface area contributed by atoms with Gasteiger partial charge in [-0.3, -0.25) is 4.98 Å². The topological polar surface area (TPSA) is 116 Å². The van der Waals surface area contributed by atoms with Crippen molar-refractivity contribution in [2.75, 3.05) is 5.73 Å². The van der Waals surface area contributed by atoms with Crippen molar-refractivity contribution in [3.63, 3.8) is 0 Å². The van der Waals surface area contributed by atoms with Crippen molar-refractivity contribution in [2.45, 2.75) is 20.1 Å². The summed E-state index contributed by atoms with van der Waals surface area (Å²) in [6, 6.07) is 7.37. The Morgan fingerprint density at radius 3 is 2.70 bits per heavy atom. The molecular weight excluding hydrogens is 391 g/mol. The number of anilines is 1. The van der Waals surface area contributed by atoms with Crippen LogP contribution >= 0.6 is 24.0 Å². The third kappa shape index (κ3) is 3.12. The summed E-state index contributed by atoms with van der Waals surface area (Å²) in [5.41, 5.74) is 9.72. The molecule has 0 saturated heterocycles. The van der Waals surface area contributed by atoms with Crippen LogP contribution in [0.15, 0.2) is 35.1 Å². The summed E-state index contributed by atoms with van der Waals surface area (Å²) >= 11 is 6.13. The van der Waals surface area contributed by atoms with Gasteiger partial charge in [-0.15, -0.1) is 12.4 Å². The lowest BCUT2D eigenvalue weighted by Gasteiger charge is -2.09. The summed E-state index contributed by atoms with van der Waals surface area (Å²) in [6.45, 7) is 2.39. The normalized spacial score (nSPS) is 10.9. The largest absolute Gasteiger partial charge is 0.392 e. The zero-order valence-corrected chi connectivity index (χ0v) is 15.8. The second-order valence-electron chi connectivity index (χ2n) is 5.68. The van der Waals surface area contributed by atoms with Gasteiger partial charge in [0.25, 0.3) is 0 Å². The van der Waals surface area contributed by atoms with E-state index in [-0.39, 0.29) is 24.8 Å². The van der Waals surface area contributed by atoms with Crippen LogP contribution in [0.4, 0.5) is 5.82 Å². The van der Waals surface area contributed by atoms with Crippen LogP contribution in [0.2, 0.25) is 5.02 Å². The number of hydrogen-bond donors (Lipinski definition) is 2. The van der Waals surface area contributed by atoms with Crippen molar-refractivity contribution < 1.29 is 9.74 Å². The Balaban J connectivity index is 0.00000210. The minimum Gasteiger partial charge on any atom is -0.392 e. The second kappa shape index (κ2) is 7.51. The van der Waals surface area contributed by atoms with Crippen LogP contribution in [-0.4, -0.2) is 30.0 Å². The summed E-state index contributed by atoms with van der Waals surface area (Å²) in [7, 11) is 0. The highest BCUT2D eigenvalue weighted by Gasteiger charge is 2.23. The Labute approximate surface area is 165 Å². The van der Waals surface area contributed by atoms with Crippen LogP contribution in [0, 0.1) is 0 Å². The maximum Gasteiger partial charge on any atom is 0.199 e. The van der Waals surface area contributed by atoms with Gasteiger partial charge in [-0.1, -0.05) is 23.7 Å². The van der Waals surface area contributed by atoms with E-state index in [2.05, 4.69) is 15.3 Å². The molecule has 0 unspecified atom stereocenters. The fourth-order valence-electron chi connectivity index (χ4n) is 3.01. The highest BCUT2D eigenvalue weighted by Crippen LogP contribution is 2.34. The molecule has 0 aliphatic rings. The lowest BCUT2D eigenvalue weighted by molar-refractivity contribution is 0.282. The van der Waals surface area contributed by atoms with Crippen LogP contribution in [0.5, 0.6) is 0 Å². The number of nitrogens with zero attached hydrogens (tertiary/aromatic N) is 5. The molecule has 0 amide bonds. The van der Waals surface area contributed by atoms with Gasteiger partial charge in [0.05, 0.1) is 17.8 Å². The van der Waals surface area contributed by atoms with E-state index < -0.39 is 0 Å². The highest BCUT2D eigenvalue weighted by molar-refractivity contribution is 6.30. The first-order chi connectivity index (χ1) is 12.6. The predicted octanol–water partition coefficient (Wildman–Crippen LogP) is 3.32. The number of hydrogen-bond acceptors (Lipinski definition) is 7. The SMILES string of the molecule is CCn1c(-c2nonc2N)nc2c(-c3cccc(Cl)c3)ncc(CO)c21.Cl. The van der Waals surface area contributed by atoms with Gasteiger partial charge in [0, 0.05) is 28.9 Å². The molecule has 4 aromatic rings. The quantitative estimate of drug-likeness (QED) is 0.533. The van der Waals surface area contributed by atoms with Gasteiger partial charge in [0.15, 0.2) is 17.3 Å². The van der Waals surface area contributed by atoms with Gasteiger partial charge in [-0.25, -0.2) is 9.61 Å². The molecule has 0 aliphatic carbocycles. The fourth-order valence-corrected chi connectivity index (χ4v) is 3.20. The van der Waals surface area contributed by atoms with Crippen molar-refractivity contribution in [1.29, 1.82) is 0 Å². The molecule has 0 saturated carbocycles. The van der Waals surface area contributed by atoms with Crippen LogP contribution in [0.1, 0.15) is 12.5 Å². The van der Waals surface area contributed by atoms with Crippen LogP contribution < -0.4 is 5.73 Å². The van der Waals surface area contributed by atoms with Crippen LogP contribution in [0.25, 0.3) is 33.8 Å². The number of aromatic nitrogens is 5. The summed E-state index contributed by atoms with van der Waals surface area (Å²) < 4.78 is 6.63. The molecule has 3 heterocycles. The molecule has 3 aromatic heterocycles. The smallest absolute Gasteiger partial charge is 0.199 e. The van der Waals surface area contributed by atoms with E-state index in [0.717, 1.165) is 11.1 Å². The molecule has 0 bridgehead atoms. The monoisotopic (exact) mass is 406 g/mol. The van der Waals surface area contributed by atoms with E-state index in [4.69, 9.17) is 26.9 Å². The third-order valence-electron chi connectivity index (χ3n) is 4.16. The summed E-state index contributed by atoms with van der Waals surface area (Å²) in [5.74, 6) is 0.657. The van der Waals surface area contributed by atoms with Gasteiger partial charge in [0.2, 0.25) is 0 Å². The number of nitrogen functional groups attached to an aromatic ring is 1. The van der Waals surface area contributed by atoms with Gasteiger partial charge < -0.3 is 15.4 Å². The van der Waals surface area contributed by atoms with Gasteiger partial charge in [-0.05, 0) is 29.4 Å². The first-order valence-electron chi connectivity index (χ1n) is 7.97. The molecule has 140 valence electrons. The Morgan fingerprint density at radius 2 is 2.07 bits per heavy atom. The predicted molar refractivity (Wildman–Crippen MR) is 105 cm³/mol. The maximum absolute atomic E-state index is 9.78. The molecule has 0 radical (unpaired) electrons. The van der Waals surface area contributed by atoms with Crippen LogP contribution in [0.3, 0.4) is 0 Å². The van der Waals surface area contributed by atoms with E-state index in [1.165, 1.54) is 0 Å². The Kier molecular flexibility index (Phi) is 5.31. The summed E-state index contributed by atoms with van der Waals surface area (Å²) in [6.07, 6.45) is 1.64. The Bertz CT molecular complexity index is 1110. The molecule has 0 aliphatic heterocycles. The first-order valence-corrected chi connectivity index (χ1v) is 8.35. The van der Waals surface area contributed by atoms with Gasteiger partial charge in [0.1, 0.15) is 5.52 Å². The number of fused-ring (bicyclic) bond motifs is 1. The maximum atomic E-state index is 9.78. The van der Waals surface area contributed by atoms with E-state index in [9.17, 15) is 5.11 Å². The van der Waals surface area contributed by atoms with Gasteiger partial charge >= 0.3 is 0 Å². The summed E-state index contributed by atoms with van der Waals surface area (Å²) in [5, 5.41) is 17.9. The standard InChI is InChI=1S/C17H15ClN6O2.ClH/c1-2-24-15-10(8-25)7-20-12(9-4-3-5-11(18)6-9)13(15)21-17(24)14-16(19)23-26-22-14;/h3-7,25H,2,8H2,1H3,(H2,19,23);1H. The van der Waals surface area contributed by atoms with Crippen LogP contribution in [-0.2, 0) is 13.2 Å². The highest BCUT2D eigenvalue weighted by atomic mass is 35.5. The minimum atomic E-state index is -0.170. The molecular formula is C17H16Cl2N6O2. The van der Waals surface area contributed by atoms with E-state index in [1.54, 1.807) is 12.3 Å². The molecule has 0 spiro atoms. The molecule has 1 aromatic carbocycles. The summed E-state index contributed by atoms with van der Waals surface area (Å²) in [4.78, 5) is 9.20.